The van der Waals surface area contributed by atoms with Gasteiger partial charge in [-0.1, -0.05) is 18.6 Å². The summed E-state index contributed by atoms with van der Waals surface area (Å²) in [6.45, 7) is 2.00. The summed E-state index contributed by atoms with van der Waals surface area (Å²) in [5.41, 5.74) is 2.21. The van der Waals surface area contributed by atoms with Crippen LogP contribution in [0.2, 0.25) is 0 Å². The average molecular weight is 283 g/mol. The lowest BCUT2D eigenvalue weighted by molar-refractivity contribution is 0.215. The summed E-state index contributed by atoms with van der Waals surface area (Å²) in [6, 6.07) is 11.7. The second kappa shape index (κ2) is 5.19. The van der Waals surface area contributed by atoms with E-state index in [2.05, 4.69) is 22.1 Å². The number of aryl methyl sites for hydroxylation is 1. The van der Waals surface area contributed by atoms with Gasteiger partial charge >= 0.3 is 0 Å². The minimum absolute atomic E-state index is 0.620. The molecule has 21 heavy (non-hydrogen) atoms. The van der Waals surface area contributed by atoms with Crippen molar-refractivity contribution in [1.82, 2.24) is 14.7 Å². The Morgan fingerprint density at radius 1 is 1.24 bits per heavy atom. The maximum Gasteiger partial charge on any atom is 0.128 e. The number of rotatable bonds is 5. The summed E-state index contributed by atoms with van der Waals surface area (Å²) in [5.74, 6) is 0.960. The van der Waals surface area contributed by atoms with E-state index in [4.69, 9.17) is 4.74 Å². The largest absolute Gasteiger partial charge is 0.491 e. The lowest BCUT2D eigenvalue weighted by atomic mass is 9.93. The zero-order valence-electron chi connectivity index (χ0n) is 12.4. The maximum absolute atomic E-state index is 6.11. The van der Waals surface area contributed by atoms with Crippen molar-refractivity contribution in [3.8, 4) is 17.0 Å². The molecule has 4 nitrogen and oxygen atoms in total. The van der Waals surface area contributed by atoms with E-state index in [0.29, 0.717) is 6.04 Å². The van der Waals surface area contributed by atoms with Gasteiger partial charge in [-0.2, -0.15) is 5.10 Å². The Balaban J connectivity index is 1.45. The maximum atomic E-state index is 6.11. The van der Waals surface area contributed by atoms with Crippen LogP contribution >= 0.6 is 0 Å². The molecule has 0 radical (unpaired) electrons. The number of nitrogens with zero attached hydrogens (tertiary/aromatic N) is 3. The first-order chi connectivity index (χ1) is 10.3. The van der Waals surface area contributed by atoms with Crippen LogP contribution in [0.25, 0.3) is 11.3 Å². The zero-order chi connectivity index (χ0) is 14.2. The Kier molecular flexibility index (Phi) is 3.19. The first-order valence-corrected chi connectivity index (χ1v) is 7.79. The number of para-hydroxylation sites is 1. The fraction of sp³-hybridized carbons (Fsp3) is 0.471. The first kappa shape index (κ1) is 12.9. The third-order valence-electron chi connectivity index (χ3n) is 4.72. The van der Waals surface area contributed by atoms with Crippen LogP contribution in [-0.4, -0.2) is 39.9 Å². The van der Waals surface area contributed by atoms with Crippen molar-refractivity contribution in [2.45, 2.75) is 31.3 Å². The topological polar surface area (TPSA) is 30.1 Å². The molecule has 2 atom stereocenters. The van der Waals surface area contributed by atoms with Crippen molar-refractivity contribution in [2.75, 3.05) is 13.2 Å². The molecular weight excluding hydrogens is 262 g/mol. The molecule has 1 aromatic heterocycles. The minimum atomic E-state index is 0.620. The number of benzene rings is 1. The van der Waals surface area contributed by atoms with Crippen LogP contribution in [0, 0.1) is 0 Å². The highest BCUT2D eigenvalue weighted by Gasteiger charge is 2.42. The van der Waals surface area contributed by atoms with E-state index in [-0.39, 0.29) is 0 Å². The smallest absolute Gasteiger partial charge is 0.128 e. The van der Waals surface area contributed by atoms with Gasteiger partial charge in [-0.05, 0) is 31.0 Å². The van der Waals surface area contributed by atoms with Gasteiger partial charge in [0, 0.05) is 31.4 Å². The predicted octanol–water partition coefficient (Wildman–Crippen LogP) is 2.70. The lowest BCUT2D eigenvalue weighted by Crippen LogP contribution is -2.29. The van der Waals surface area contributed by atoms with Gasteiger partial charge in [-0.15, -0.1) is 0 Å². The van der Waals surface area contributed by atoms with Gasteiger partial charge in [0.1, 0.15) is 12.4 Å². The molecule has 1 aliphatic carbocycles. The number of aromatic nitrogens is 2. The Bertz CT molecular complexity index is 632. The number of hydrogen-bond donors (Lipinski definition) is 0. The van der Waals surface area contributed by atoms with E-state index in [1.807, 2.05) is 36.1 Å². The molecule has 110 valence electrons. The molecule has 4 rings (SSSR count). The normalized spacial score (nSPS) is 24.6. The van der Waals surface area contributed by atoms with Crippen LogP contribution < -0.4 is 4.74 Å². The van der Waals surface area contributed by atoms with E-state index in [1.165, 1.54) is 25.8 Å². The molecular formula is C17H21N3O. The molecule has 2 unspecified atom stereocenters. The number of hydrogen-bond acceptors (Lipinski definition) is 3. The molecule has 0 bridgehead atoms. The molecule has 2 fully saturated rings. The van der Waals surface area contributed by atoms with E-state index in [1.54, 1.807) is 0 Å². The SMILES string of the molecule is Cn1nccc1-c1ccccc1OCC1CN1C1CCC1. The molecule has 1 saturated carbocycles. The van der Waals surface area contributed by atoms with Crippen molar-refractivity contribution >= 4 is 0 Å². The average Bonchev–Trinajstić information content (AvgIpc) is 3.05. The highest BCUT2D eigenvalue weighted by Crippen LogP contribution is 2.35. The Morgan fingerprint density at radius 3 is 2.81 bits per heavy atom. The molecule has 2 aromatic rings. The Morgan fingerprint density at radius 2 is 2.10 bits per heavy atom. The Hall–Kier alpha value is -1.81. The summed E-state index contributed by atoms with van der Waals surface area (Å²) < 4.78 is 7.99. The number of ether oxygens (including phenoxy) is 1. The van der Waals surface area contributed by atoms with Crippen LogP contribution in [0.15, 0.2) is 36.5 Å². The van der Waals surface area contributed by atoms with Crippen LogP contribution in [0.4, 0.5) is 0 Å². The van der Waals surface area contributed by atoms with E-state index >= 15 is 0 Å². The van der Waals surface area contributed by atoms with Crippen molar-refractivity contribution in [2.24, 2.45) is 7.05 Å². The summed E-state index contributed by atoms with van der Waals surface area (Å²) in [4.78, 5) is 2.58. The fourth-order valence-corrected chi connectivity index (χ4v) is 3.14. The second-order valence-electron chi connectivity index (χ2n) is 6.08. The Labute approximate surface area is 125 Å². The van der Waals surface area contributed by atoms with Crippen LogP contribution in [0.3, 0.4) is 0 Å². The predicted molar refractivity (Wildman–Crippen MR) is 82.3 cm³/mol. The van der Waals surface area contributed by atoms with Gasteiger partial charge < -0.3 is 4.74 Å². The highest BCUT2D eigenvalue weighted by atomic mass is 16.5. The van der Waals surface area contributed by atoms with Gasteiger partial charge in [0.25, 0.3) is 0 Å². The summed E-state index contributed by atoms with van der Waals surface area (Å²) in [6.07, 6.45) is 5.98. The molecule has 1 aromatic carbocycles. The first-order valence-electron chi connectivity index (χ1n) is 7.79. The molecule has 0 N–H and O–H groups in total. The van der Waals surface area contributed by atoms with Gasteiger partial charge in [0.15, 0.2) is 0 Å². The van der Waals surface area contributed by atoms with Gasteiger partial charge in [0.05, 0.1) is 11.7 Å². The van der Waals surface area contributed by atoms with Crippen molar-refractivity contribution in [3.63, 3.8) is 0 Å². The van der Waals surface area contributed by atoms with Crippen molar-refractivity contribution < 1.29 is 4.74 Å². The molecule has 2 heterocycles. The van der Waals surface area contributed by atoms with Gasteiger partial charge in [-0.25, -0.2) is 0 Å². The quantitative estimate of drug-likeness (QED) is 0.790. The monoisotopic (exact) mass is 283 g/mol. The van der Waals surface area contributed by atoms with Crippen molar-refractivity contribution in [1.29, 1.82) is 0 Å². The van der Waals surface area contributed by atoms with E-state index < -0.39 is 0 Å². The molecule has 4 heteroatoms. The summed E-state index contributed by atoms with van der Waals surface area (Å²) in [7, 11) is 1.96. The van der Waals surface area contributed by atoms with Crippen LogP contribution in [0.5, 0.6) is 5.75 Å². The highest BCUT2D eigenvalue weighted by molar-refractivity contribution is 5.67. The zero-order valence-corrected chi connectivity index (χ0v) is 12.4. The molecule has 0 spiro atoms. The van der Waals surface area contributed by atoms with Gasteiger partial charge in [0.2, 0.25) is 0 Å². The summed E-state index contributed by atoms with van der Waals surface area (Å²) >= 11 is 0. The summed E-state index contributed by atoms with van der Waals surface area (Å²) in [5, 5.41) is 4.25. The lowest BCUT2D eigenvalue weighted by Gasteiger charge is -2.27. The van der Waals surface area contributed by atoms with Gasteiger partial charge in [-0.3, -0.25) is 9.58 Å². The fourth-order valence-electron chi connectivity index (χ4n) is 3.14. The minimum Gasteiger partial charge on any atom is -0.491 e. The van der Waals surface area contributed by atoms with E-state index in [9.17, 15) is 0 Å². The molecule has 1 aliphatic heterocycles. The third-order valence-corrected chi connectivity index (χ3v) is 4.72. The van der Waals surface area contributed by atoms with Crippen LogP contribution in [-0.2, 0) is 7.05 Å². The second-order valence-corrected chi connectivity index (χ2v) is 6.08. The van der Waals surface area contributed by atoms with Crippen molar-refractivity contribution in [3.05, 3.63) is 36.5 Å². The molecule has 2 aliphatic rings. The molecule has 0 amide bonds. The van der Waals surface area contributed by atoms with Crippen LogP contribution in [0.1, 0.15) is 19.3 Å². The molecule has 1 saturated heterocycles. The third kappa shape index (κ3) is 2.44. The standard InChI is InChI=1S/C17H21N3O/c1-19-16(9-10-18-19)15-7-2-3-8-17(15)21-12-14-11-20(14)13-5-4-6-13/h2-3,7-10,13-14H,4-6,11-12H2,1H3. The van der Waals surface area contributed by atoms with E-state index in [0.717, 1.165) is 29.7 Å².